The lowest BCUT2D eigenvalue weighted by atomic mass is 9.53. The van der Waals surface area contributed by atoms with Crippen LogP contribution in [0.4, 0.5) is 0 Å². The highest BCUT2D eigenvalue weighted by Crippen LogP contribution is 2.54. The van der Waals surface area contributed by atoms with Crippen LogP contribution in [0, 0.1) is 17.8 Å². The van der Waals surface area contributed by atoms with E-state index < -0.39 is 24.1 Å². The fraction of sp³-hybridized carbons (Fsp3) is 0.636. The molecular weight excluding hydrogens is 388 g/mol. The van der Waals surface area contributed by atoms with Gasteiger partial charge in [0.1, 0.15) is 6.04 Å². The van der Waals surface area contributed by atoms with E-state index in [0.717, 1.165) is 23.3 Å². The van der Waals surface area contributed by atoms with Gasteiger partial charge in [-0.2, -0.15) is 12.6 Å². The summed E-state index contributed by atoms with van der Waals surface area (Å²) >= 11 is 3.86. The molecule has 29 heavy (non-hydrogen) atoms. The fourth-order valence-electron chi connectivity index (χ4n) is 5.49. The third kappa shape index (κ3) is 5.96. The molecule has 4 bridgehead atoms. The summed E-state index contributed by atoms with van der Waals surface area (Å²) in [7, 11) is 0. The zero-order valence-electron chi connectivity index (χ0n) is 16.7. The molecule has 2 atom stereocenters. The van der Waals surface area contributed by atoms with Gasteiger partial charge in [-0.15, -0.1) is 0 Å². The summed E-state index contributed by atoms with van der Waals surface area (Å²) in [5.41, 5.74) is 12.8. The number of thiol groups is 1. The minimum absolute atomic E-state index is 0.108. The van der Waals surface area contributed by atoms with Gasteiger partial charge in [0.05, 0.1) is 0 Å². The Morgan fingerprint density at radius 3 is 2.03 bits per heavy atom. The number of rotatable bonds is 6. The Hall–Kier alpha value is -1.57. The highest BCUT2D eigenvalue weighted by molar-refractivity contribution is 7.80. The number of hydrogen-bond donors (Lipinski definition) is 4. The lowest BCUT2D eigenvalue weighted by Gasteiger charge is -2.55. The van der Waals surface area contributed by atoms with Gasteiger partial charge < -0.3 is 21.3 Å². The van der Waals surface area contributed by atoms with E-state index in [-0.39, 0.29) is 12.2 Å². The second-order valence-electron chi connectivity index (χ2n) is 9.02. The van der Waals surface area contributed by atoms with Gasteiger partial charge in [-0.3, -0.25) is 4.79 Å². The first-order valence-electron chi connectivity index (χ1n) is 10.4. The zero-order chi connectivity index (χ0) is 21.0. The number of carboxylic acid groups (broad SMARTS) is 1. The van der Waals surface area contributed by atoms with Crippen molar-refractivity contribution >= 4 is 24.6 Å². The molecule has 0 unspecified atom stereocenters. The second-order valence-corrected chi connectivity index (χ2v) is 9.39. The molecule has 0 saturated heterocycles. The lowest BCUT2D eigenvalue weighted by molar-refractivity contribution is -0.164. The molecule has 6 nitrogen and oxygen atoms in total. The molecule has 0 amide bonds. The first-order valence-corrected chi connectivity index (χ1v) is 11.0. The molecule has 1 aromatic carbocycles. The number of carbonyl (C=O) groups excluding carboxylic acids is 1. The van der Waals surface area contributed by atoms with Crippen LogP contribution >= 0.6 is 12.6 Å². The van der Waals surface area contributed by atoms with Crippen LogP contribution in [-0.2, 0) is 20.7 Å². The topological polar surface area (TPSA) is 116 Å². The predicted octanol–water partition coefficient (Wildman–Crippen LogP) is 2.40. The lowest BCUT2D eigenvalue weighted by Crippen LogP contribution is -2.55. The van der Waals surface area contributed by atoms with Crippen molar-refractivity contribution in [2.24, 2.45) is 29.2 Å². The summed E-state index contributed by atoms with van der Waals surface area (Å²) in [6.07, 6.45) is 7.45. The summed E-state index contributed by atoms with van der Waals surface area (Å²) in [5.74, 6) is 1.21. The van der Waals surface area contributed by atoms with Crippen LogP contribution in [-0.4, -0.2) is 40.5 Å². The van der Waals surface area contributed by atoms with Gasteiger partial charge in [-0.05, 0) is 61.8 Å². The van der Waals surface area contributed by atoms with Crippen LogP contribution < -0.4 is 11.5 Å². The Morgan fingerprint density at radius 2 is 1.62 bits per heavy atom. The standard InChI is InChI=1S/C12H15NO4S.C10H17N/c13-9(7-18)12(16)17-10(11(14)15)6-8-4-2-1-3-5-8;11-10-4-7-1-8(5-10)3-9(2-7)6-10/h1-5,9-10,18H,6-7,13H2,(H,14,15);7-9H,1-6,11H2/t9-,10+;/m1./s1. The molecule has 0 spiro atoms. The number of nitrogens with two attached hydrogens (primary N) is 2. The number of esters is 1. The minimum Gasteiger partial charge on any atom is -0.478 e. The summed E-state index contributed by atoms with van der Waals surface area (Å²) in [6.45, 7) is 0. The van der Waals surface area contributed by atoms with Crippen LogP contribution in [0.25, 0.3) is 0 Å². The highest BCUT2D eigenvalue weighted by Gasteiger charge is 2.48. The maximum Gasteiger partial charge on any atom is 0.345 e. The summed E-state index contributed by atoms with van der Waals surface area (Å²) in [6, 6.07) is 8.02. The van der Waals surface area contributed by atoms with Gasteiger partial charge in [-0.25, -0.2) is 4.79 Å². The molecule has 4 aliphatic carbocycles. The Bertz CT molecular complexity index is 677. The molecule has 4 fully saturated rings. The van der Waals surface area contributed by atoms with E-state index in [1.165, 1.54) is 38.5 Å². The van der Waals surface area contributed by atoms with Gasteiger partial charge in [-0.1, -0.05) is 30.3 Å². The Labute approximate surface area is 177 Å². The number of carbonyl (C=O) groups is 2. The monoisotopic (exact) mass is 420 g/mol. The van der Waals surface area contributed by atoms with Crippen molar-refractivity contribution < 1.29 is 19.4 Å². The van der Waals surface area contributed by atoms with Gasteiger partial charge in [0.25, 0.3) is 0 Å². The number of ether oxygens (including phenoxy) is 1. The summed E-state index contributed by atoms with van der Waals surface area (Å²) in [5, 5.41) is 9.00. The number of hydrogen-bond acceptors (Lipinski definition) is 6. The average Bonchev–Trinajstić information content (AvgIpc) is 2.66. The third-order valence-electron chi connectivity index (χ3n) is 6.38. The Balaban J connectivity index is 0.000000183. The van der Waals surface area contributed by atoms with Crippen LogP contribution in [0.1, 0.15) is 44.1 Å². The molecule has 0 radical (unpaired) electrons. The SMILES string of the molecule is NC12CC3CC(CC(C3)C1)C2.N[C@H](CS)C(=O)O[C@@H](Cc1ccccc1)C(=O)O. The fourth-order valence-corrected chi connectivity index (χ4v) is 5.64. The van der Waals surface area contributed by atoms with E-state index >= 15 is 0 Å². The molecule has 1 aromatic rings. The number of benzene rings is 1. The van der Waals surface area contributed by atoms with Gasteiger partial charge >= 0.3 is 11.9 Å². The molecule has 7 heteroatoms. The largest absolute Gasteiger partial charge is 0.478 e. The van der Waals surface area contributed by atoms with Crippen LogP contribution in [0.2, 0.25) is 0 Å². The molecule has 160 valence electrons. The van der Waals surface area contributed by atoms with Gasteiger partial charge in [0, 0.05) is 17.7 Å². The highest BCUT2D eigenvalue weighted by atomic mass is 32.1. The Kier molecular flexibility index (Phi) is 7.24. The van der Waals surface area contributed by atoms with Crippen molar-refractivity contribution in [2.75, 3.05) is 5.75 Å². The minimum atomic E-state index is -1.23. The number of carboxylic acids is 1. The molecule has 0 heterocycles. The quantitative estimate of drug-likeness (QED) is 0.415. The molecule has 5 N–H and O–H groups in total. The average molecular weight is 421 g/mol. The van der Waals surface area contributed by atoms with Gasteiger partial charge in [0.15, 0.2) is 0 Å². The van der Waals surface area contributed by atoms with Crippen molar-refractivity contribution in [1.29, 1.82) is 0 Å². The maximum absolute atomic E-state index is 11.4. The van der Waals surface area contributed by atoms with Crippen molar-refractivity contribution in [3.63, 3.8) is 0 Å². The third-order valence-corrected chi connectivity index (χ3v) is 6.78. The van der Waals surface area contributed by atoms with Crippen LogP contribution in [0.15, 0.2) is 30.3 Å². The van der Waals surface area contributed by atoms with E-state index in [4.69, 9.17) is 21.3 Å². The summed E-state index contributed by atoms with van der Waals surface area (Å²) in [4.78, 5) is 22.4. The van der Waals surface area contributed by atoms with Crippen molar-refractivity contribution in [2.45, 2.75) is 62.6 Å². The zero-order valence-corrected chi connectivity index (χ0v) is 17.6. The smallest absolute Gasteiger partial charge is 0.345 e. The first kappa shape index (κ1) is 22.1. The van der Waals surface area contributed by atoms with E-state index in [9.17, 15) is 9.59 Å². The van der Waals surface area contributed by atoms with Crippen molar-refractivity contribution in [3.8, 4) is 0 Å². The number of aliphatic carboxylic acids is 1. The van der Waals surface area contributed by atoms with Crippen LogP contribution in [0.3, 0.4) is 0 Å². The van der Waals surface area contributed by atoms with E-state index in [1.54, 1.807) is 24.3 Å². The van der Waals surface area contributed by atoms with Crippen molar-refractivity contribution in [1.82, 2.24) is 0 Å². The molecule has 4 saturated carbocycles. The van der Waals surface area contributed by atoms with E-state index in [1.807, 2.05) is 6.07 Å². The molecule has 0 aliphatic heterocycles. The summed E-state index contributed by atoms with van der Waals surface area (Å²) < 4.78 is 4.86. The normalized spacial score (nSPS) is 31.3. The van der Waals surface area contributed by atoms with Crippen molar-refractivity contribution in [3.05, 3.63) is 35.9 Å². The Morgan fingerprint density at radius 1 is 1.10 bits per heavy atom. The first-order chi connectivity index (χ1) is 13.8. The molecule has 0 aromatic heterocycles. The second kappa shape index (κ2) is 9.49. The van der Waals surface area contributed by atoms with E-state index in [0.29, 0.717) is 5.54 Å². The predicted molar refractivity (Wildman–Crippen MR) is 115 cm³/mol. The molecule has 5 rings (SSSR count). The maximum atomic E-state index is 11.4. The van der Waals surface area contributed by atoms with Gasteiger partial charge in [0.2, 0.25) is 6.10 Å². The molecular formula is C22H32N2O4S. The van der Waals surface area contributed by atoms with Crippen LogP contribution in [0.5, 0.6) is 0 Å². The van der Waals surface area contributed by atoms with E-state index in [2.05, 4.69) is 12.6 Å². The molecule has 4 aliphatic rings.